The van der Waals surface area contributed by atoms with Gasteiger partial charge < -0.3 is 13.9 Å². The van der Waals surface area contributed by atoms with E-state index in [-0.39, 0.29) is 11.8 Å². The van der Waals surface area contributed by atoms with Crippen LogP contribution >= 0.6 is 15.9 Å². The average molecular weight is 285 g/mol. The average Bonchev–Trinajstić information content (AvgIpc) is 2.83. The van der Waals surface area contributed by atoms with Crippen molar-refractivity contribution in [3.05, 3.63) is 28.8 Å². The summed E-state index contributed by atoms with van der Waals surface area (Å²) in [5, 5.41) is 15.7. The molecule has 0 atom stereocenters. The first-order chi connectivity index (χ1) is 7.65. The molecule has 16 heavy (non-hydrogen) atoms. The minimum Gasteiger partial charge on any atom is -0.478 e. The van der Waals surface area contributed by atoms with E-state index in [1.165, 1.54) is 6.08 Å². The summed E-state index contributed by atoms with van der Waals surface area (Å²) in [5.41, 5.74) is 0. The van der Waals surface area contributed by atoms with E-state index < -0.39 is 5.97 Å². The third-order valence-corrected chi connectivity index (χ3v) is 2.02. The van der Waals surface area contributed by atoms with Gasteiger partial charge in [0, 0.05) is 12.2 Å². The van der Waals surface area contributed by atoms with Crippen LogP contribution in [0.2, 0.25) is 0 Å². The highest BCUT2D eigenvalue weighted by molar-refractivity contribution is 9.10. The molecular formula is C9H5BrN2O4. The number of aromatic nitrogens is 2. The molecule has 0 saturated carbocycles. The van der Waals surface area contributed by atoms with E-state index in [0.29, 0.717) is 10.4 Å². The van der Waals surface area contributed by atoms with Crippen LogP contribution in [0, 0.1) is 0 Å². The highest BCUT2D eigenvalue weighted by atomic mass is 79.9. The van der Waals surface area contributed by atoms with Crippen LogP contribution in [0.15, 0.2) is 31.7 Å². The molecule has 2 heterocycles. The van der Waals surface area contributed by atoms with E-state index in [4.69, 9.17) is 13.9 Å². The Morgan fingerprint density at radius 3 is 2.81 bits per heavy atom. The van der Waals surface area contributed by atoms with Gasteiger partial charge in [0.2, 0.25) is 5.89 Å². The number of carboxylic acids is 1. The topological polar surface area (TPSA) is 89.4 Å². The van der Waals surface area contributed by atoms with Crippen molar-refractivity contribution in [2.45, 2.75) is 0 Å². The number of rotatable bonds is 3. The van der Waals surface area contributed by atoms with Gasteiger partial charge in [0.05, 0.1) is 0 Å². The molecule has 2 aromatic rings. The fraction of sp³-hybridized carbons (Fsp3) is 0. The molecule has 0 saturated heterocycles. The zero-order valence-electron chi connectivity index (χ0n) is 7.75. The molecule has 0 aromatic carbocycles. The molecule has 0 aliphatic rings. The third-order valence-electron chi connectivity index (χ3n) is 1.59. The number of nitrogens with zero attached hydrogens (tertiary/aromatic N) is 2. The molecule has 0 radical (unpaired) electrons. The lowest BCUT2D eigenvalue weighted by Crippen LogP contribution is -1.85. The molecule has 2 rings (SSSR count). The van der Waals surface area contributed by atoms with Crippen LogP contribution in [-0.4, -0.2) is 21.3 Å². The Morgan fingerprint density at radius 2 is 2.19 bits per heavy atom. The smallest absolute Gasteiger partial charge is 0.328 e. The molecule has 1 N–H and O–H groups in total. The summed E-state index contributed by atoms with van der Waals surface area (Å²) in [6.45, 7) is 0. The highest BCUT2D eigenvalue weighted by Crippen LogP contribution is 2.23. The molecule has 6 nitrogen and oxygen atoms in total. The summed E-state index contributed by atoms with van der Waals surface area (Å²) < 4.78 is 10.9. The third kappa shape index (κ3) is 2.37. The largest absolute Gasteiger partial charge is 0.478 e. The van der Waals surface area contributed by atoms with Gasteiger partial charge in [-0.1, -0.05) is 0 Å². The molecule has 0 aliphatic heterocycles. The second kappa shape index (κ2) is 4.31. The molecule has 0 unspecified atom stereocenters. The Morgan fingerprint density at radius 1 is 1.38 bits per heavy atom. The van der Waals surface area contributed by atoms with Crippen molar-refractivity contribution in [3.8, 4) is 11.7 Å². The summed E-state index contributed by atoms with van der Waals surface area (Å²) in [7, 11) is 0. The number of halogens is 1. The van der Waals surface area contributed by atoms with Crippen molar-refractivity contribution in [2.24, 2.45) is 0 Å². The quantitative estimate of drug-likeness (QED) is 0.869. The van der Waals surface area contributed by atoms with Gasteiger partial charge in [-0.3, -0.25) is 0 Å². The second-order valence-corrected chi connectivity index (χ2v) is 3.50. The fourth-order valence-corrected chi connectivity index (χ4v) is 1.28. The van der Waals surface area contributed by atoms with Gasteiger partial charge in [0.1, 0.15) is 0 Å². The Hall–Kier alpha value is -1.89. The van der Waals surface area contributed by atoms with Crippen LogP contribution in [-0.2, 0) is 4.79 Å². The van der Waals surface area contributed by atoms with Gasteiger partial charge in [-0.15, -0.1) is 10.2 Å². The lowest BCUT2D eigenvalue weighted by atomic mass is 10.4. The van der Waals surface area contributed by atoms with Crippen molar-refractivity contribution < 1.29 is 18.7 Å². The first-order valence-corrected chi connectivity index (χ1v) is 4.94. The van der Waals surface area contributed by atoms with E-state index in [2.05, 4.69) is 26.1 Å². The predicted octanol–water partition coefficient (Wildman–Crippen LogP) is 2.19. The lowest BCUT2D eigenvalue weighted by molar-refractivity contribution is -0.131. The lowest BCUT2D eigenvalue weighted by Gasteiger charge is -1.84. The van der Waals surface area contributed by atoms with Crippen LogP contribution in [0.3, 0.4) is 0 Å². The number of carbonyl (C=O) groups is 1. The van der Waals surface area contributed by atoms with Crippen molar-refractivity contribution in [2.75, 3.05) is 0 Å². The van der Waals surface area contributed by atoms with Crippen LogP contribution in [0.5, 0.6) is 0 Å². The first kappa shape index (κ1) is 10.6. The van der Waals surface area contributed by atoms with Crippen molar-refractivity contribution in [1.82, 2.24) is 10.2 Å². The monoisotopic (exact) mass is 284 g/mol. The predicted molar refractivity (Wildman–Crippen MR) is 56.4 cm³/mol. The van der Waals surface area contributed by atoms with E-state index in [1.807, 2.05) is 0 Å². The Bertz CT molecular complexity index is 543. The van der Waals surface area contributed by atoms with Crippen LogP contribution in [0.1, 0.15) is 5.89 Å². The molecule has 82 valence electrons. The molecule has 2 aromatic heterocycles. The standard InChI is InChI=1S/C9H5BrN2O4/c10-6-2-1-5(15-6)9-12-11-7(16-9)3-4-8(13)14/h1-4H,(H,13,14)/b4-3+. The molecule has 0 bridgehead atoms. The van der Waals surface area contributed by atoms with Crippen molar-refractivity contribution >= 4 is 28.0 Å². The molecule has 0 aliphatic carbocycles. The number of carboxylic acid groups (broad SMARTS) is 1. The molecule has 0 amide bonds. The van der Waals surface area contributed by atoms with E-state index >= 15 is 0 Å². The van der Waals surface area contributed by atoms with Crippen LogP contribution in [0.25, 0.3) is 17.7 Å². The van der Waals surface area contributed by atoms with Crippen LogP contribution in [0.4, 0.5) is 0 Å². The second-order valence-electron chi connectivity index (χ2n) is 2.72. The van der Waals surface area contributed by atoms with Crippen molar-refractivity contribution in [3.63, 3.8) is 0 Å². The van der Waals surface area contributed by atoms with Crippen molar-refractivity contribution in [1.29, 1.82) is 0 Å². The number of furan rings is 1. The van der Waals surface area contributed by atoms with Gasteiger partial charge in [-0.25, -0.2) is 4.79 Å². The maximum atomic E-state index is 10.3. The summed E-state index contributed by atoms with van der Waals surface area (Å²) >= 11 is 3.14. The maximum Gasteiger partial charge on any atom is 0.328 e. The van der Waals surface area contributed by atoms with E-state index in [0.717, 1.165) is 6.08 Å². The first-order valence-electron chi connectivity index (χ1n) is 4.15. The zero-order valence-corrected chi connectivity index (χ0v) is 9.34. The summed E-state index contributed by atoms with van der Waals surface area (Å²) in [6.07, 6.45) is 2.12. The summed E-state index contributed by atoms with van der Waals surface area (Å²) in [6, 6.07) is 3.34. The number of hydrogen-bond acceptors (Lipinski definition) is 5. The Kier molecular flexibility index (Phi) is 2.86. The molecular weight excluding hydrogens is 280 g/mol. The number of hydrogen-bond donors (Lipinski definition) is 1. The summed E-state index contributed by atoms with van der Waals surface area (Å²) in [4.78, 5) is 10.3. The SMILES string of the molecule is O=C(O)/C=C/c1nnc(-c2ccc(Br)o2)o1. The molecule has 0 fully saturated rings. The normalized spacial score (nSPS) is 11.1. The van der Waals surface area contributed by atoms with Gasteiger partial charge in [0.25, 0.3) is 5.89 Å². The Labute approximate surface area is 97.7 Å². The van der Waals surface area contributed by atoms with Crippen LogP contribution < -0.4 is 0 Å². The number of aliphatic carboxylic acids is 1. The van der Waals surface area contributed by atoms with Gasteiger partial charge >= 0.3 is 5.97 Å². The minimum absolute atomic E-state index is 0.102. The highest BCUT2D eigenvalue weighted by Gasteiger charge is 2.10. The Balaban J connectivity index is 2.23. The zero-order chi connectivity index (χ0) is 11.5. The fourth-order valence-electron chi connectivity index (χ4n) is 0.973. The van der Waals surface area contributed by atoms with Gasteiger partial charge in [0.15, 0.2) is 10.4 Å². The minimum atomic E-state index is -1.08. The van der Waals surface area contributed by atoms with Gasteiger partial charge in [-0.05, 0) is 28.1 Å². The maximum absolute atomic E-state index is 10.3. The molecule has 7 heteroatoms. The van der Waals surface area contributed by atoms with E-state index in [9.17, 15) is 4.79 Å². The molecule has 0 spiro atoms. The summed E-state index contributed by atoms with van der Waals surface area (Å²) in [5.74, 6) is -0.379. The van der Waals surface area contributed by atoms with Gasteiger partial charge in [-0.2, -0.15) is 0 Å². The van der Waals surface area contributed by atoms with E-state index in [1.54, 1.807) is 12.1 Å².